The monoisotopic (exact) mass is 302 g/mol. The van der Waals surface area contributed by atoms with Crippen molar-refractivity contribution in [3.05, 3.63) is 35.0 Å². The van der Waals surface area contributed by atoms with E-state index in [1.54, 1.807) is 6.07 Å². The van der Waals surface area contributed by atoms with Crippen LogP contribution in [0.15, 0.2) is 18.3 Å². The Morgan fingerprint density at radius 3 is 2.59 bits per heavy atom. The summed E-state index contributed by atoms with van der Waals surface area (Å²) in [6, 6.07) is 3.68. The Balaban J connectivity index is 2.33. The van der Waals surface area contributed by atoms with Crippen LogP contribution < -0.4 is 0 Å². The van der Waals surface area contributed by atoms with Crippen molar-refractivity contribution in [2.45, 2.75) is 26.2 Å². The molecule has 0 spiro atoms. The van der Waals surface area contributed by atoms with Gasteiger partial charge in [-0.05, 0) is 50.7 Å². The van der Waals surface area contributed by atoms with Gasteiger partial charge >= 0.3 is 5.97 Å². The number of likely N-dealkylation sites (N-methyl/N-ethyl adjacent to an activating group) is 1. The standard InChI is InChI=1S/C17H22N2O3/c1-11-13(15(20)6-7-16(21)22)4-5-14-17(11)12(10-18-14)8-9-19(2)3/h4-5,10,18H,6-9H2,1-3H3,(H,21,22). The van der Waals surface area contributed by atoms with Gasteiger partial charge in [-0.15, -0.1) is 0 Å². The van der Waals surface area contributed by atoms with Crippen LogP contribution in [0, 0.1) is 6.92 Å². The van der Waals surface area contributed by atoms with Gasteiger partial charge in [0.2, 0.25) is 0 Å². The van der Waals surface area contributed by atoms with Crippen LogP contribution in [-0.4, -0.2) is 47.4 Å². The number of ketones is 1. The van der Waals surface area contributed by atoms with Crippen molar-refractivity contribution < 1.29 is 14.7 Å². The van der Waals surface area contributed by atoms with Crippen LogP contribution in [0.25, 0.3) is 10.9 Å². The second kappa shape index (κ2) is 6.75. The predicted octanol–water partition coefficient (Wildman–Crippen LogP) is 2.63. The SMILES string of the molecule is Cc1c(C(=O)CCC(=O)O)ccc2[nH]cc(CCN(C)C)c12. The van der Waals surface area contributed by atoms with E-state index in [9.17, 15) is 9.59 Å². The van der Waals surface area contributed by atoms with Gasteiger partial charge in [-0.3, -0.25) is 9.59 Å². The number of nitrogens with one attached hydrogen (secondary N) is 1. The third-order valence-electron chi connectivity index (χ3n) is 3.88. The Morgan fingerprint density at radius 2 is 1.95 bits per heavy atom. The molecule has 0 saturated heterocycles. The summed E-state index contributed by atoms with van der Waals surface area (Å²) in [5, 5.41) is 9.81. The van der Waals surface area contributed by atoms with Crippen LogP contribution >= 0.6 is 0 Å². The normalized spacial score (nSPS) is 11.3. The zero-order chi connectivity index (χ0) is 16.3. The van der Waals surface area contributed by atoms with E-state index >= 15 is 0 Å². The summed E-state index contributed by atoms with van der Waals surface area (Å²) >= 11 is 0. The molecular weight excluding hydrogens is 280 g/mol. The molecule has 118 valence electrons. The number of aryl methyl sites for hydroxylation is 1. The molecule has 0 radical (unpaired) electrons. The molecule has 5 heteroatoms. The quantitative estimate of drug-likeness (QED) is 0.771. The molecular formula is C17H22N2O3. The van der Waals surface area contributed by atoms with Crippen LogP contribution in [0.4, 0.5) is 0 Å². The average molecular weight is 302 g/mol. The first-order valence-corrected chi connectivity index (χ1v) is 7.39. The minimum atomic E-state index is -0.944. The second-order valence-corrected chi connectivity index (χ2v) is 5.84. The van der Waals surface area contributed by atoms with Gasteiger partial charge in [0.05, 0.1) is 6.42 Å². The molecule has 0 saturated carbocycles. The van der Waals surface area contributed by atoms with Gasteiger partial charge in [-0.2, -0.15) is 0 Å². The molecule has 2 N–H and O–H groups in total. The maximum Gasteiger partial charge on any atom is 0.303 e. The molecule has 22 heavy (non-hydrogen) atoms. The van der Waals surface area contributed by atoms with Crippen molar-refractivity contribution in [2.75, 3.05) is 20.6 Å². The predicted molar refractivity (Wildman–Crippen MR) is 86.5 cm³/mol. The van der Waals surface area contributed by atoms with E-state index in [1.165, 1.54) is 5.56 Å². The van der Waals surface area contributed by atoms with E-state index in [4.69, 9.17) is 5.11 Å². The number of carboxylic acids is 1. The number of benzene rings is 1. The molecule has 0 amide bonds. The number of aromatic amines is 1. The number of aromatic nitrogens is 1. The van der Waals surface area contributed by atoms with Crippen molar-refractivity contribution in [2.24, 2.45) is 0 Å². The van der Waals surface area contributed by atoms with Gasteiger partial charge in [-0.25, -0.2) is 0 Å². The average Bonchev–Trinajstić information content (AvgIpc) is 2.87. The number of carboxylic acid groups (broad SMARTS) is 1. The lowest BCUT2D eigenvalue weighted by Gasteiger charge is -2.10. The molecule has 0 atom stereocenters. The van der Waals surface area contributed by atoms with Crippen LogP contribution in [0.5, 0.6) is 0 Å². The lowest BCUT2D eigenvalue weighted by Crippen LogP contribution is -2.15. The number of hydrogen-bond acceptors (Lipinski definition) is 3. The fraction of sp³-hybridized carbons (Fsp3) is 0.412. The first-order chi connectivity index (χ1) is 10.4. The summed E-state index contributed by atoms with van der Waals surface area (Å²) < 4.78 is 0. The van der Waals surface area contributed by atoms with E-state index in [-0.39, 0.29) is 18.6 Å². The number of fused-ring (bicyclic) bond motifs is 1. The summed E-state index contributed by atoms with van der Waals surface area (Å²) in [7, 11) is 4.06. The van der Waals surface area contributed by atoms with Crippen molar-refractivity contribution in [3.63, 3.8) is 0 Å². The Bertz CT molecular complexity index is 701. The van der Waals surface area contributed by atoms with Gasteiger partial charge in [0.25, 0.3) is 0 Å². The Hall–Kier alpha value is -2.14. The molecule has 0 unspecified atom stereocenters. The Morgan fingerprint density at radius 1 is 1.23 bits per heavy atom. The number of nitrogens with zero attached hydrogens (tertiary/aromatic N) is 1. The van der Waals surface area contributed by atoms with E-state index in [2.05, 4.69) is 9.88 Å². The van der Waals surface area contributed by atoms with E-state index in [0.717, 1.165) is 29.4 Å². The zero-order valence-electron chi connectivity index (χ0n) is 13.3. The van der Waals surface area contributed by atoms with E-state index in [1.807, 2.05) is 33.3 Å². The van der Waals surface area contributed by atoms with Gasteiger partial charge in [0, 0.05) is 35.6 Å². The summed E-state index contributed by atoms with van der Waals surface area (Å²) in [6.45, 7) is 2.87. The van der Waals surface area contributed by atoms with Crippen molar-refractivity contribution >= 4 is 22.7 Å². The maximum absolute atomic E-state index is 12.2. The molecule has 1 aromatic heterocycles. The fourth-order valence-corrected chi connectivity index (χ4v) is 2.68. The number of rotatable bonds is 7. The number of carbonyl (C=O) groups is 2. The highest BCUT2D eigenvalue weighted by Crippen LogP contribution is 2.26. The lowest BCUT2D eigenvalue weighted by atomic mass is 9.96. The molecule has 0 aliphatic carbocycles. The minimum Gasteiger partial charge on any atom is -0.481 e. The number of carbonyl (C=O) groups excluding carboxylic acids is 1. The second-order valence-electron chi connectivity index (χ2n) is 5.84. The highest BCUT2D eigenvalue weighted by molar-refractivity contribution is 6.03. The molecule has 0 aliphatic heterocycles. The Kier molecular flexibility index (Phi) is 4.98. The molecule has 2 aromatic rings. The molecule has 0 bridgehead atoms. The highest BCUT2D eigenvalue weighted by atomic mass is 16.4. The lowest BCUT2D eigenvalue weighted by molar-refractivity contribution is -0.136. The zero-order valence-corrected chi connectivity index (χ0v) is 13.3. The summed E-state index contributed by atoms with van der Waals surface area (Å²) in [6.07, 6.45) is 2.81. The summed E-state index contributed by atoms with van der Waals surface area (Å²) in [5.74, 6) is -1.05. The van der Waals surface area contributed by atoms with Crippen LogP contribution in [0.1, 0.15) is 34.3 Å². The molecule has 1 heterocycles. The topological polar surface area (TPSA) is 73.4 Å². The van der Waals surface area contributed by atoms with Gasteiger partial charge in [-0.1, -0.05) is 0 Å². The third-order valence-corrected chi connectivity index (χ3v) is 3.88. The molecule has 1 aromatic carbocycles. The van der Waals surface area contributed by atoms with Gasteiger partial charge in [0.1, 0.15) is 0 Å². The molecule has 0 aliphatic rings. The van der Waals surface area contributed by atoms with Crippen molar-refractivity contribution in [1.82, 2.24) is 9.88 Å². The molecule has 5 nitrogen and oxygen atoms in total. The largest absolute Gasteiger partial charge is 0.481 e. The number of Topliss-reactive ketones (excluding diaryl/α,β-unsaturated/α-hetero) is 1. The minimum absolute atomic E-state index is 0.0408. The first-order valence-electron chi connectivity index (χ1n) is 7.39. The van der Waals surface area contributed by atoms with Crippen molar-refractivity contribution in [1.29, 1.82) is 0 Å². The molecule has 0 fully saturated rings. The van der Waals surface area contributed by atoms with Crippen LogP contribution in [0.2, 0.25) is 0 Å². The number of hydrogen-bond donors (Lipinski definition) is 2. The van der Waals surface area contributed by atoms with E-state index in [0.29, 0.717) is 5.56 Å². The highest BCUT2D eigenvalue weighted by Gasteiger charge is 2.15. The Labute approximate surface area is 129 Å². The number of H-pyrrole nitrogens is 1. The van der Waals surface area contributed by atoms with Gasteiger partial charge in [0.15, 0.2) is 5.78 Å². The number of aliphatic carboxylic acids is 1. The van der Waals surface area contributed by atoms with Crippen LogP contribution in [0.3, 0.4) is 0 Å². The van der Waals surface area contributed by atoms with Crippen molar-refractivity contribution in [3.8, 4) is 0 Å². The molecule has 2 rings (SSSR count). The van der Waals surface area contributed by atoms with E-state index < -0.39 is 5.97 Å². The van der Waals surface area contributed by atoms with Gasteiger partial charge < -0.3 is 15.0 Å². The smallest absolute Gasteiger partial charge is 0.303 e. The summed E-state index contributed by atoms with van der Waals surface area (Å²) in [5.41, 5.74) is 3.76. The maximum atomic E-state index is 12.2. The van der Waals surface area contributed by atoms with Crippen LogP contribution in [-0.2, 0) is 11.2 Å². The third kappa shape index (κ3) is 3.54. The first kappa shape index (κ1) is 16.2. The summed E-state index contributed by atoms with van der Waals surface area (Å²) in [4.78, 5) is 28.2. The fourth-order valence-electron chi connectivity index (χ4n) is 2.68.